The zero-order valence-electron chi connectivity index (χ0n) is 11.6. The minimum Gasteiger partial charge on any atom is -0.370 e. The maximum Gasteiger partial charge on any atom is 0.428 e. The number of nitrogens with zero attached hydrogens (tertiary/aromatic N) is 2. The summed E-state index contributed by atoms with van der Waals surface area (Å²) in [7, 11) is -4.15. The van der Waals surface area contributed by atoms with Gasteiger partial charge in [-0.3, -0.25) is 4.90 Å². The van der Waals surface area contributed by atoms with Gasteiger partial charge in [-0.05, 0) is 18.2 Å². The molecule has 1 atom stereocenters. The van der Waals surface area contributed by atoms with Crippen LogP contribution in [0.25, 0.3) is 0 Å². The maximum atomic E-state index is 13.8. The van der Waals surface area contributed by atoms with Gasteiger partial charge in [-0.25, -0.2) is 12.8 Å². The van der Waals surface area contributed by atoms with E-state index in [0.717, 1.165) is 21.3 Å². The van der Waals surface area contributed by atoms with Gasteiger partial charge < -0.3 is 5.11 Å². The summed E-state index contributed by atoms with van der Waals surface area (Å²) in [5.41, 5.74) is 0. The fraction of sp³-hybridized carbons (Fsp3) is 0.500. The first kappa shape index (κ1) is 18.6. The standard InChI is InChI=1S/C12H13BrF4N2O3S/c13-8-1-2-10(9(14)7-8)23(21,22)19-5-3-18(4-6-19)11(20)12(15,16)17/h1-2,7,11,20H,3-6H2. The molecular weight excluding hydrogens is 408 g/mol. The molecule has 0 spiro atoms. The lowest BCUT2D eigenvalue weighted by atomic mass is 10.3. The van der Waals surface area contributed by atoms with Crippen LogP contribution >= 0.6 is 15.9 Å². The van der Waals surface area contributed by atoms with Crippen molar-refractivity contribution in [2.75, 3.05) is 26.2 Å². The molecule has 11 heteroatoms. The lowest BCUT2D eigenvalue weighted by Crippen LogP contribution is -2.55. The molecule has 1 aliphatic rings. The van der Waals surface area contributed by atoms with Gasteiger partial charge in [-0.15, -0.1) is 0 Å². The molecule has 1 aromatic rings. The SMILES string of the molecule is O=S(=O)(c1ccc(Br)cc1F)N1CCN(C(O)C(F)(F)F)CC1. The Balaban J connectivity index is 2.13. The topological polar surface area (TPSA) is 60.9 Å². The Morgan fingerprint density at radius 1 is 1.17 bits per heavy atom. The molecule has 1 unspecified atom stereocenters. The van der Waals surface area contributed by atoms with Crippen molar-refractivity contribution >= 4 is 26.0 Å². The average Bonchev–Trinajstić information content (AvgIpc) is 2.45. The molecule has 1 N–H and O–H groups in total. The van der Waals surface area contributed by atoms with Crippen LogP contribution in [0.5, 0.6) is 0 Å². The van der Waals surface area contributed by atoms with Crippen LogP contribution in [-0.2, 0) is 10.0 Å². The predicted molar refractivity (Wildman–Crippen MR) is 76.5 cm³/mol. The average molecular weight is 421 g/mol. The van der Waals surface area contributed by atoms with Gasteiger partial charge in [-0.2, -0.15) is 17.5 Å². The van der Waals surface area contributed by atoms with Gasteiger partial charge in [0.2, 0.25) is 16.3 Å². The van der Waals surface area contributed by atoms with Crippen molar-refractivity contribution in [3.05, 3.63) is 28.5 Å². The smallest absolute Gasteiger partial charge is 0.370 e. The molecule has 23 heavy (non-hydrogen) atoms. The fourth-order valence-electron chi connectivity index (χ4n) is 2.22. The van der Waals surface area contributed by atoms with Crippen LogP contribution in [0.15, 0.2) is 27.6 Å². The Hall–Kier alpha value is -0.750. The molecule has 0 saturated carbocycles. The number of benzene rings is 1. The molecule has 1 heterocycles. The molecule has 1 aromatic carbocycles. The summed E-state index contributed by atoms with van der Waals surface area (Å²) >= 11 is 3.01. The van der Waals surface area contributed by atoms with Gasteiger partial charge in [0, 0.05) is 30.7 Å². The molecule has 2 rings (SSSR count). The maximum absolute atomic E-state index is 13.8. The molecule has 0 radical (unpaired) electrons. The number of halogens is 5. The number of rotatable bonds is 3. The summed E-state index contributed by atoms with van der Waals surface area (Å²) in [6.45, 7) is -1.16. The van der Waals surface area contributed by atoms with Crippen molar-refractivity contribution in [1.82, 2.24) is 9.21 Å². The van der Waals surface area contributed by atoms with Gasteiger partial charge in [0.25, 0.3) is 0 Å². The third-order valence-corrected chi connectivity index (χ3v) is 5.85. The lowest BCUT2D eigenvalue weighted by molar-refractivity contribution is -0.252. The van der Waals surface area contributed by atoms with Gasteiger partial charge in [-0.1, -0.05) is 15.9 Å². The first-order valence-corrected chi connectivity index (χ1v) is 8.71. The zero-order valence-corrected chi connectivity index (χ0v) is 14.0. The van der Waals surface area contributed by atoms with E-state index >= 15 is 0 Å². The zero-order chi connectivity index (χ0) is 17.4. The molecule has 1 fully saturated rings. The number of hydrogen-bond acceptors (Lipinski definition) is 4. The second-order valence-corrected chi connectivity index (χ2v) is 7.75. The number of hydrogen-bond donors (Lipinski definition) is 1. The normalized spacial score (nSPS) is 19.7. The van der Waals surface area contributed by atoms with Crippen LogP contribution in [0.1, 0.15) is 0 Å². The quantitative estimate of drug-likeness (QED) is 0.757. The molecule has 0 amide bonds. The summed E-state index contributed by atoms with van der Waals surface area (Å²) in [5, 5.41) is 9.16. The Bertz CT molecular complexity index is 675. The molecule has 1 saturated heterocycles. The number of alkyl halides is 3. The highest BCUT2D eigenvalue weighted by Crippen LogP contribution is 2.26. The summed E-state index contributed by atoms with van der Waals surface area (Å²) in [6, 6.07) is 3.45. The Morgan fingerprint density at radius 2 is 1.74 bits per heavy atom. The Labute approximate surface area is 138 Å². The molecular formula is C12H13BrF4N2O3S. The predicted octanol–water partition coefficient (Wildman–Crippen LogP) is 1.78. The van der Waals surface area contributed by atoms with Crippen molar-refractivity contribution in [2.45, 2.75) is 17.3 Å². The summed E-state index contributed by atoms with van der Waals surface area (Å²) in [6.07, 6.45) is -7.45. The number of aliphatic hydroxyl groups excluding tert-OH is 1. The van der Waals surface area contributed by atoms with E-state index in [0.29, 0.717) is 4.47 Å². The van der Waals surface area contributed by atoms with E-state index in [2.05, 4.69) is 15.9 Å². The molecule has 5 nitrogen and oxygen atoms in total. The van der Waals surface area contributed by atoms with Crippen molar-refractivity contribution in [3.8, 4) is 0 Å². The monoisotopic (exact) mass is 420 g/mol. The minimum atomic E-state index is -4.81. The van der Waals surface area contributed by atoms with E-state index in [-0.39, 0.29) is 26.2 Å². The lowest BCUT2D eigenvalue weighted by Gasteiger charge is -2.36. The third kappa shape index (κ3) is 4.02. The van der Waals surface area contributed by atoms with Crippen molar-refractivity contribution in [3.63, 3.8) is 0 Å². The van der Waals surface area contributed by atoms with Gasteiger partial charge >= 0.3 is 6.18 Å². The summed E-state index contributed by atoms with van der Waals surface area (Å²) in [5.74, 6) is -0.947. The van der Waals surface area contributed by atoms with Crippen LogP contribution < -0.4 is 0 Å². The highest BCUT2D eigenvalue weighted by molar-refractivity contribution is 9.10. The van der Waals surface area contributed by atoms with E-state index in [9.17, 15) is 26.0 Å². The van der Waals surface area contributed by atoms with E-state index < -0.39 is 33.1 Å². The second kappa shape index (κ2) is 6.63. The van der Waals surface area contributed by atoms with E-state index in [1.807, 2.05) is 0 Å². The summed E-state index contributed by atoms with van der Waals surface area (Å²) in [4.78, 5) is 0.190. The Kier molecular flexibility index (Phi) is 5.36. The first-order valence-electron chi connectivity index (χ1n) is 6.47. The van der Waals surface area contributed by atoms with Gasteiger partial charge in [0.1, 0.15) is 10.7 Å². The van der Waals surface area contributed by atoms with Crippen LogP contribution in [0, 0.1) is 5.82 Å². The minimum absolute atomic E-state index is 0.273. The largest absolute Gasteiger partial charge is 0.428 e. The molecule has 0 bridgehead atoms. The van der Waals surface area contributed by atoms with Crippen LogP contribution in [0.3, 0.4) is 0 Å². The van der Waals surface area contributed by atoms with Gasteiger partial charge in [0.15, 0.2) is 0 Å². The summed E-state index contributed by atoms with van der Waals surface area (Å²) < 4.78 is 77.1. The number of piperazine rings is 1. The molecule has 0 aromatic heterocycles. The first-order chi connectivity index (χ1) is 10.5. The Morgan fingerprint density at radius 3 is 2.22 bits per heavy atom. The number of aliphatic hydroxyl groups is 1. The molecule has 1 aliphatic heterocycles. The third-order valence-electron chi connectivity index (χ3n) is 3.42. The highest BCUT2D eigenvalue weighted by atomic mass is 79.9. The molecule has 130 valence electrons. The molecule has 0 aliphatic carbocycles. The fourth-order valence-corrected chi connectivity index (χ4v) is 4.02. The van der Waals surface area contributed by atoms with Crippen LogP contribution in [0.4, 0.5) is 17.6 Å². The van der Waals surface area contributed by atoms with E-state index in [1.165, 1.54) is 6.07 Å². The van der Waals surface area contributed by atoms with Crippen LogP contribution in [-0.4, -0.2) is 61.3 Å². The van der Waals surface area contributed by atoms with Crippen molar-refractivity contribution in [1.29, 1.82) is 0 Å². The second-order valence-electron chi connectivity index (χ2n) is 4.93. The van der Waals surface area contributed by atoms with Crippen LogP contribution in [0.2, 0.25) is 0 Å². The number of sulfonamides is 1. The van der Waals surface area contributed by atoms with E-state index in [4.69, 9.17) is 5.11 Å². The van der Waals surface area contributed by atoms with Crippen molar-refractivity contribution in [2.24, 2.45) is 0 Å². The van der Waals surface area contributed by atoms with Crippen molar-refractivity contribution < 1.29 is 31.1 Å². The van der Waals surface area contributed by atoms with Gasteiger partial charge in [0.05, 0.1) is 0 Å². The highest BCUT2D eigenvalue weighted by Gasteiger charge is 2.44. The van der Waals surface area contributed by atoms with E-state index in [1.54, 1.807) is 0 Å².